The highest BCUT2D eigenvalue weighted by atomic mass is 35.5. The largest absolute Gasteiger partial charge is 0.399 e. The smallest absolute Gasteiger partial charge is 0.0485 e. The highest BCUT2D eigenvalue weighted by Gasteiger charge is 2.06. The van der Waals surface area contributed by atoms with Gasteiger partial charge in [-0.2, -0.15) is 0 Å². The van der Waals surface area contributed by atoms with Gasteiger partial charge < -0.3 is 16.5 Å². The van der Waals surface area contributed by atoms with Crippen molar-refractivity contribution in [1.29, 1.82) is 0 Å². The van der Waals surface area contributed by atoms with E-state index < -0.39 is 0 Å². The molecule has 0 atom stereocenters. The van der Waals surface area contributed by atoms with E-state index in [2.05, 4.69) is 17.1 Å². The fraction of sp³-hybridized carbons (Fsp3) is 0. The summed E-state index contributed by atoms with van der Waals surface area (Å²) in [6.45, 7) is 0. The third kappa shape index (κ3) is 2.00. The van der Waals surface area contributed by atoms with Gasteiger partial charge >= 0.3 is 0 Å². The van der Waals surface area contributed by atoms with Gasteiger partial charge in [0.1, 0.15) is 0 Å². The van der Waals surface area contributed by atoms with Gasteiger partial charge in [-0.15, -0.1) is 12.4 Å². The van der Waals surface area contributed by atoms with Gasteiger partial charge in [-0.1, -0.05) is 18.2 Å². The first-order chi connectivity index (χ1) is 8.24. The molecule has 3 aromatic rings. The zero-order valence-electron chi connectivity index (χ0n) is 9.68. The van der Waals surface area contributed by atoms with Crippen LogP contribution in [0.25, 0.3) is 22.2 Å². The fourth-order valence-corrected chi connectivity index (χ4v) is 2.04. The molecule has 5 N–H and O–H groups in total. The minimum Gasteiger partial charge on any atom is -0.399 e. The molecule has 1 heterocycles. The van der Waals surface area contributed by atoms with Crippen LogP contribution in [-0.2, 0) is 0 Å². The first-order valence-electron chi connectivity index (χ1n) is 5.47. The van der Waals surface area contributed by atoms with Gasteiger partial charge in [-0.05, 0) is 30.3 Å². The first-order valence-corrected chi connectivity index (χ1v) is 5.47. The number of aromatic nitrogens is 1. The molecule has 0 radical (unpaired) electrons. The predicted molar refractivity (Wildman–Crippen MR) is 79.8 cm³/mol. The first kappa shape index (κ1) is 12.3. The van der Waals surface area contributed by atoms with Crippen molar-refractivity contribution < 1.29 is 0 Å². The van der Waals surface area contributed by atoms with Crippen LogP contribution in [0.5, 0.6) is 0 Å². The molecule has 0 saturated heterocycles. The van der Waals surface area contributed by atoms with Crippen molar-refractivity contribution in [2.75, 3.05) is 11.5 Å². The Morgan fingerprint density at radius 3 is 2.39 bits per heavy atom. The second kappa shape index (κ2) is 4.63. The van der Waals surface area contributed by atoms with Gasteiger partial charge in [-0.3, -0.25) is 0 Å². The Morgan fingerprint density at radius 2 is 1.67 bits per heavy atom. The second-order valence-electron chi connectivity index (χ2n) is 4.12. The molecule has 0 fully saturated rings. The Balaban J connectivity index is 0.00000120. The lowest BCUT2D eigenvalue weighted by atomic mass is 10.1. The molecule has 0 aliphatic carbocycles. The Hall–Kier alpha value is -2.13. The number of fused-ring (bicyclic) bond motifs is 1. The molecule has 0 amide bonds. The minimum atomic E-state index is 0. The van der Waals surface area contributed by atoms with E-state index in [1.165, 1.54) is 5.39 Å². The number of hydrogen-bond acceptors (Lipinski definition) is 2. The molecule has 4 heteroatoms. The molecule has 3 rings (SSSR count). The third-order valence-electron chi connectivity index (χ3n) is 2.90. The SMILES string of the molecule is Cl.Nc1ccc(-c2cc3ccccc3[nH]2)c(N)c1. The van der Waals surface area contributed by atoms with E-state index in [4.69, 9.17) is 11.5 Å². The van der Waals surface area contributed by atoms with E-state index in [0.29, 0.717) is 11.4 Å². The van der Waals surface area contributed by atoms with Crippen LogP contribution in [0.2, 0.25) is 0 Å². The van der Waals surface area contributed by atoms with Crippen LogP contribution in [0.15, 0.2) is 48.5 Å². The molecule has 0 bridgehead atoms. The fourth-order valence-electron chi connectivity index (χ4n) is 2.04. The van der Waals surface area contributed by atoms with Crippen molar-refractivity contribution in [3.05, 3.63) is 48.5 Å². The number of nitrogens with one attached hydrogen (secondary N) is 1. The molecule has 0 unspecified atom stereocenters. The number of benzene rings is 2. The quantitative estimate of drug-likeness (QED) is 0.586. The summed E-state index contributed by atoms with van der Waals surface area (Å²) in [6, 6.07) is 15.8. The van der Waals surface area contributed by atoms with Crippen LogP contribution in [0.4, 0.5) is 11.4 Å². The summed E-state index contributed by atoms with van der Waals surface area (Å²) in [5.74, 6) is 0. The number of anilines is 2. The molecule has 18 heavy (non-hydrogen) atoms. The molecule has 92 valence electrons. The molecule has 0 saturated carbocycles. The third-order valence-corrected chi connectivity index (χ3v) is 2.90. The predicted octanol–water partition coefficient (Wildman–Crippen LogP) is 3.42. The van der Waals surface area contributed by atoms with Gasteiger partial charge in [0.15, 0.2) is 0 Å². The van der Waals surface area contributed by atoms with Crippen LogP contribution in [-0.4, -0.2) is 4.98 Å². The zero-order chi connectivity index (χ0) is 11.8. The normalized spacial score (nSPS) is 10.2. The molecule has 1 aromatic heterocycles. The summed E-state index contributed by atoms with van der Waals surface area (Å²) in [4.78, 5) is 3.35. The molecule has 0 aliphatic rings. The van der Waals surface area contributed by atoms with E-state index in [9.17, 15) is 0 Å². The summed E-state index contributed by atoms with van der Waals surface area (Å²) in [5.41, 5.74) is 16.1. The van der Waals surface area contributed by atoms with Gasteiger partial charge in [-0.25, -0.2) is 0 Å². The lowest BCUT2D eigenvalue weighted by Crippen LogP contribution is -1.93. The Kier molecular flexibility index (Phi) is 3.17. The van der Waals surface area contributed by atoms with Gasteiger partial charge in [0, 0.05) is 33.5 Å². The lowest BCUT2D eigenvalue weighted by Gasteiger charge is -2.04. The van der Waals surface area contributed by atoms with Crippen LogP contribution in [0.3, 0.4) is 0 Å². The Labute approximate surface area is 111 Å². The summed E-state index contributed by atoms with van der Waals surface area (Å²) in [7, 11) is 0. The number of aromatic amines is 1. The summed E-state index contributed by atoms with van der Waals surface area (Å²) in [6.07, 6.45) is 0. The topological polar surface area (TPSA) is 67.8 Å². The average molecular weight is 260 g/mol. The number of rotatable bonds is 1. The van der Waals surface area contributed by atoms with Crippen molar-refractivity contribution in [1.82, 2.24) is 4.98 Å². The van der Waals surface area contributed by atoms with Gasteiger partial charge in [0.2, 0.25) is 0 Å². The van der Waals surface area contributed by atoms with Gasteiger partial charge in [0.25, 0.3) is 0 Å². The van der Waals surface area contributed by atoms with E-state index in [0.717, 1.165) is 16.8 Å². The zero-order valence-corrected chi connectivity index (χ0v) is 10.5. The summed E-state index contributed by atoms with van der Waals surface area (Å²) >= 11 is 0. The van der Waals surface area contributed by atoms with E-state index in [1.54, 1.807) is 6.07 Å². The van der Waals surface area contributed by atoms with Crippen LogP contribution in [0, 0.1) is 0 Å². The maximum Gasteiger partial charge on any atom is 0.0485 e. The molecule has 0 spiro atoms. The molecule has 3 nitrogen and oxygen atoms in total. The summed E-state index contributed by atoms with van der Waals surface area (Å²) < 4.78 is 0. The number of nitrogen functional groups attached to an aromatic ring is 2. The van der Waals surface area contributed by atoms with Crippen LogP contribution >= 0.6 is 12.4 Å². The molecular formula is C14H14ClN3. The van der Waals surface area contributed by atoms with E-state index >= 15 is 0 Å². The average Bonchev–Trinajstić information content (AvgIpc) is 2.72. The van der Waals surface area contributed by atoms with Crippen LogP contribution in [0.1, 0.15) is 0 Å². The number of halogens is 1. The van der Waals surface area contributed by atoms with E-state index in [-0.39, 0.29) is 12.4 Å². The maximum atomic E-state index is 5.98. The minimum absolute atomic E-state index is 0. The van der Waals surface area contributed by atoms with E-state index in [1.807, 2.05) is 30.3 Å². The van der Waals surface area contributed by atoms with Crippen molar-refractivity contribution in [2.45, 2.75) is 0 Å². The number of H-pyrrole nitrogens is 1. The Bertz CT molecular complexity index is 655. The maximum absolute atomic E-state index is 5.98. The monoisotopic (exact) mass is 259 g/mol. The number of nitrogens with two attached hydrogens (primary N) is 2. The van der Waals surface area contributed by atoms with Gasteiger partial charge in [0.05, 0.1) is 0 Å². The molecular weight excluding hydrogens is 246 g/mol. The summed E-state index contributed by atoms with van der Waals surface area (Å²) in [5, 5.41) is 1.18. The second-order valence-corrected chi connectivity index (χ2v) is 4.12. The van der Waals surface area contributed by atoms with Crippen molar-refractivity contribution in [3.63, 3.8) is 0 Å². The molecule has 2 aromatic carbocycles. The standard InChI is InChI=1S/C14H13N3.ClH/c15-10-5-6-11(12(16)8-10)14-7-9-3-1-2-4-13(9)17-14;/h1-8,17H,15-16H2;1H. The van der Waals surface area contributed by atoms with Crippen molar-refractivity contribution in [2.24, 2.45) is 0 Å². The molecule has 0 aliphatic heterocycles. The number of hydrogen-bond donors (Lipinski definition) is 3. The number of para-hydroxylation sites is 1. The van der Waals surface area contributed by atoms with Crippen molar-refractivity contribution >= 4 is 34.7 Å². The Morgan fingerprint density at radius 1 is 0.889 bits per heavy atom. The van der Waals surface area contributed by atoms with Crippen LogP contribution < -0.4 is 11.5 Å². The van der Waals surface area contributed by atoms with Crippen molar-refractivity contribution in [3.8, 4) is 11.3 Å². The highest BCUT2D eigenvalue weighted by molar-refractivity contribution is 5.88. The highest BCUT2D eigenvalue weighted by Crippen LogP contribution is 2.29. The lowest BCUT2D eigenvalue weighted by molar-refractivity contribution is 1.45.